The summed E-state index contributed by atoms with van der Waals surface area (Å²) in [5.41, 5.74) is 1.34. The fourth-order valence-electron chi connectivity index (χ4n) is 3.43. The van der Waals surface area contributed by atoms with Crippen molar-refractivity contribution >= 4 is 5.69 Å². The lowest BCUT2D eigenvalue weighted by Gasteiger charge is -2.36. The Morgan fingerprint density at radius 3 is 2.57 bits per heavy atom. The molecule has 4 nitrogen and oxygen atoms in total. The average Bonchev–Trinajstić information content (AvgIpc) is 3.04. The lowest BCUT2D eigenvalue weighted by atomic mass is 10.2. The molecule has 23 heavy (non-hydrogen) atoms. The molecular weight excluding hydrogens is 288 g/mol. The van der Waals surface area contributed by atoms with Gasteiger partial charge in [-0.05, 0) is 25.0 Å². The van der Waals surface area contributed by atoms with Crippen molar-refractivity contribution in [1.29, 1.82) is 0 Å². The predicted molar refractivity (Wildman–Crippen MR) is 93.9 cm³/mol. The van der Waals surface area contributed by atoms with Crippen LogP contribution in [0.2, 0.25) is 0 Å². The van der Waals surface area contributed by atoms with Crippen LogP contribution in [0.5, 0.6) is 0 Å². The fraction of sp³-hybridized carbons (Fsp3) is 0.684. The number of hydrogen-bond donors (Lipinski definition) is 0. The Balaban J connectivity index is 1.36. The molecule has 0 bridgehead atoms. The topological polar surface area (TPSA) is 24.9 Å². The molecule has 0 spiro atoms. The van der Waals surface area contributed by atoms with E-state index in [1.807, 2.05) is 0 Å². The van der Waals surface area contributed by atoms with E-state index in [0.29, 0.717) is 0 Å². The summed E-state index contributed by atoms with van der Waals surface area (Å²) < 4.78 is 11.8. The highest BCUT2D eigenvalue weighted by Gasteiger charge is 2.28. The van der Waals surface area contributed by atoms with Crippen molar-refractivity contribution in [3.63, 3.8) is 0 Å². The van der Waals surface area contributed by atoms with Crippen molar-refractivity contribution in [3.8, 4) is 0 Å². The number of para-hydroxylation sites is 1. The summed E-state index contributed by atoms with van der Waals surface area (Å²) >= 11 is 0. The SMILES string of the molecule is CCCCCC1OCC(CN2CCN(c3ccccc3)CC2)O1. The molecule has 0 aromatic heterocycles. The summed E-state index contributed by atoms with van der Waals surface area (Å²) in [5.74, 6) is 0. The molecule has 2 heterocycles. The zero-order chi connectivity index (χ0) is 15.9. The van der Waals surface area contributed by atoms with Gasteiger partial charge in [0.1, 0.15) is 0 Å². The average molecular weight is 318 g/mol. The summed E-state index contributed by atoms with van der Waals surface area (Å²) in [7, 11) is 0. The smallest absolute Gasteiger partial charge is 0.158 e. The van der Waals surface area contributed by atoms with Crippen LogP contribution in [-0.2, 0) is 9.47 Å². The van der Waals surface area contributed by atoms with E-state index in [1.165, 1.54) is 24.9 Å². The van der Waals surface area contributed by atoms with Gasteiger partial charge in [-0.3, -0.25) is 4.90 Å². The predicted octanol–water partition coefficient (Wildman–Crippen LogP) is 3.13. The summed E-state index contributed by atoms with van der Waals surface area (Å²) in [6.07, 6.45) is 5.08. The molecule has 2 unspecified atom stereocenters. The van der Waals surface area contributed by atoms with E-state index in [0.717, 1.165) is 45.8 Å². The Morgan fingerprint density at radius 1 is 1.04 bits per heavy atom. The van der Waals surface area contributed by atoms with Crippen LogP contribution in [0.3, 0.4) is 0 Å². The third-order valence-electron chi connectivity index (χ3n) is 4.81. The molecule has 4 heteroatoms. The minimum Gasteiger partial charge on any atom is -0.369 e. The second kappa shape index (κ2) is 8.67. The number of unbranched alkanes of at least 4 members (excludes halogenated alkanes) is 2. The van der Waals surface area contributed by atoms with Crippen LogP contribution >= 0.6 is 0 Å². The Bertz CT molecular complexity index is 446. The Labute approximate surface area is 140 Å². The zero-order valence-electron chi connectivity index (χ0n) is 14.3. The first-order chi connectivity index (χ1) is 11.3. The van der Waals surface area contributed by atoms with Gasteiger partial charge in [0.25, 0.3) is 0 Å². The lowest BCUT2D eigenvalue weighted by molar-refractivity contribution is -0.0671. The Kier molecular flexibility index (Phi) is 6.31. The second-order valence-corrected chi connectivity index (χ2v) is 6.64. The molecule has 0 aliphatic carbocycles. The highest BCUT2D eigenvalue weighted by atomic mass is 16.7. The quantitative estimate of drug-likeness (QED) is 0.721. The van der Waals surface area contributed by atoms with Crippen LogP contribution in [0.1, 0.15) is 32.6 Å². The van der Waals surface area contributed by atoms with E-state index >= 15 is 0 Å². The number of anilines is 1. The first kappa shape index (κ1) is 16.7. The van der Waals surface area contributed by atoms with E-state index < -0.39 is 0 Å². The van der Waals surface area contributed by atoms with E-state index in [2.05, 4.69) is 47.1 Å². The normalized spacial score (nSPS) is 25.9. The van der Waals surface area contributed by atoms with E-state index in [-0.39, 0.29) is 12.4 Å². The molecule has 128 valence electrons. The van der Waals surface area contributed by atoms with E-state index in [9.17, 15) is 0 Å². The largest absolute Gasteiger partial charge is 0.369 e. The van der Waals surface area contributed by atoms with Gasteiger partial charge in [0, 0.05) is 38.4 Å². The van der Waals surface area contributed by atoms with Gasteiger partial charge >= 0.3 is 0 Å². The van der Waals surface area contributed by atoms with Crippen LogP contribution in [-0.4, -0.2) is 56.6 Å². The molecule has 0 amide bonds. The first-order valence-corrected chi connectivity index (χ1v) is 9.14. The monoisotopic (exact) mass is 318 g/mol. The van der Waals surface area contributed by atoms with Gasteiger partial charge in [0.15, 0.2) is 6.29 Å². The van der Waals surface area contributed by atoms with Crippen molar-refractivity contribution < 1.29 is 9.47 Å². The van der Waals surface area contributed by atoms with E-state index in [1.54, 1.807) is 0 Å². The molecule has 3 rings (SSSR count). The maximum absolute atomic E-state index is 6.04. The van der Waals surface area contributed by atoms with Gasteiger partial charge < -0.3 is 14.4 Å². The molecular formula is C19H30N2O2. The van der Waals surface area contributed by atoms with Crippen molar-refractivity contribution in [2.75, 3.05) is 44.2 Å². The molecule has 2 fully saturated rings. The number of rotatable bonds is 7. The van der Waals surface area contributed by atoms with Gasteiger partial charge in [-0.15, -0.1) is 0 Å². The van der Waals surface area contributed by atoms with Crippen LogP contribution < -0.4 is 4.90 Å². The number of ether oxygens (including phenoxy) is 2. The molecule has 2 aliphatic rings. The van der Waals surface area contributed by atoms with Gasteiger partial charge in [0.2, 0.25) is 0 Å². The second-order valence-electron chi connectivity index (χ2n) is 6.64. The van der Waals surface area contributed by atoms with Gasteiger partial charge in [0.05, 0.1) is 12.7 Å². The van der Waals surface area contributed by atoms with Crippen LogP contribution in [0.4, 0.5) is 5.69 Å². The van der Waals surface area contributed by atoms with Crippen LogP contribution in [0.15, 0.2) is 30.3 Å². The first-order valence-electron chi connectivity index (χ1n) is 9.14. The lowest BCUT2D eigenvalue weighted by Crippen LogP contribution is -2.49. The standard InChI is InChI=1S/C19H30N2O2/c1-2-3-5-10-19-22-16-18(23-19)15-20-11-13-21(14-12-20)17-8-6-4-7-9-17/h4,6-9,18-19H,2-3,5,10-16H2,1H3. The maximum atomic E-state index is 6.04. The highest BCUT2D eigenvalue weighted by molar-refractivity contribution is 5.46. The number of piperazine rings is 1. The van der Waals surface area contributed by atoms with Gasteiger partial charge in [-0.2, -0.15) is 0 Å². The van der Waals surface area contributed by atoms with Crippen LogP contribution in [0.25, 0.3) is 0 Å². The molecule has 2 atom stereocenters. The van der Waals surface area contributed by atoms with Crippen LogP contribution in [0, 0.1) is 0 Å². The van der Waals surface area contributed by atoms with Gasteiger partial charge in [-0.25, -0.2) is 0 Å². The molecule has 2 aliphatic heterocycles. The van der Waals surface area contributed by atoms with E-state index in [4.69, 9.17) is 9.47 Å². The molecule has 1 aromatic carbocycles. The molecule has 0 N–H and O–H groups in total. The minimum atomic E-state index is 0.0390. The van der Waals surface area contributed by atoms with Crippen molar-refractivity contribution in [3.05, 3.63) is 30.3 Å². The summed E-state index contributed by atoms with van der Waals surface area (Å²) in [4.78, 5) is 4.98. The zero-order valence-corrected chi connectivity index (χ0v) is 14.3. The fourth-order valence-corrected chi connectivity index (χ4v) is 3.43. The molecule has 0 saturated carbocycles. The third-order valence-corrected chi connectivity index (χ3v) is 4.81. The molecule has 1 aromatic rings. The van der Waals surface area contributed by atoms with Gasteiger partial charge in [-0.1, -0.05) is 38.0 Å². The van der Waals surface area contributed by atoms with Crippen molar-refractivity contribution in [2.24, 2.45) is 0 Å². The number of benzene rings is 1. The Hall–Kier alpha value is -1.10. The summed E-state index contributed by atoms with van der Waals surface area (Å²) in [6, 6.07) is 10.7. The minimum absolute atomic E-state index is 0.0390. The maximum Gasteiger partial charge on any atom is 0.158 e. The highest BCUT2D eigenvalue weighted by Crippen LogP contribution is 2.20. The molecule has 0 radical (unpaired) electrons. The number of hydrogen-bond acceptors (Lipinski definition) is 4. The number of nitrogens with zero attached hydrogens (tertiary/aromatic N) is 2. The molecule has 2 saturated heterocycles. The van der Waals surface area contributed by atoms with Crippen molar-refractivity contribution in [2.45, 2.75) is 45.0 Å². The summed E-state index contributed by atoms with van der Waals surface area (Å²) in [6.45, 7) is 8.40. The van der Waals surface area contributed by atoms with Crippen molar-refractivity contribution in [1.82, 2.24) is 4.90 Å². The Morgan fingerprint density at radius 2 is 1.83 bits per heavy atom. The third kappa shape index (κ3) is 4.93. The summed E-state index contributed by atoms with van der Waals surface area (Å²) in [5, 5.41) is 0.